The van der Waals surface area contributed by atoms with E-state index in [-0.39, 0.29) is 10.8 Å². The number of anilines is 1. The molecule has 4 aromatic rings. The summed E-state index contributed by atoms with van der Waals surface area (Å²) in [7, 11) is 1.66. The quantitative estimate of drug-likeness (QED) is 0.312. The lowest BCUT2D eigenvalue weighted by Gasteiger charge is -2.06. The molecule has 0 amide bonds. The van der Waals surface area contributed by atoms with Gasteiger partial charge in [0.05, 0.1) is 21.3 Å². The zero-order valence-corrected chi connectivity index (χ0v) is 16.1. The molecule has 136 valence electrons. The molecule has 27 heavy (non-hydrogen) atoms. The van der Waals surface area contributed by atoms with E-state index in [1.165, 1.54) is 10.9 Å². The van der Waals surface area contributed by atoms with Crippen LogP contribution in [0.1, 0.15) is 4.88 Å². The molecule has 0 atom stereocenters. The molecule has 0 aliphatic carbocycles. The SMILES string of the molecule is C[n+]1cc(/N=C(\[O-])c2sc3nc(-c4ccc(Cl)cc4Cl)ccc3c2N)on1. The number of nitrogens with two attached hydrogens (primary N) is 1. The topological polar surface area (TPSA) is 104 Å². The van der Waals surface area contributed by atoms with Gasteiger partial charge in [0.1, 0.15) is 4.83 Å². The number of pyridine rings is 1. The van der Waals surface area contributed by atoms with Crippen LogP contribution in [0, 0.1) is 0 Å². The van der Waals surface area contributed by atoms with Gasteiger partial charge in [-0.15, -0.1) is 11.3 Å². The third-order valence-corrected chi connectivity index (χ3v) is 5.42. The molecule has 0 aliphatic rings. The van der Waals surface area contributed by atoms with Crippen LogP contribution in [0.5, 0.6) is 0 Å². The normalized spacial score (nSPS) is 12.0. The number of hydrogen-bond acceptors (Lipinski definition) is 7. The standard InChI is InChI=1S/C17H11Cl2N5O2S/c1-24-7-13(26-23-24)22-16(25)15-14(20)10-4-5-12(21-17(10)27-15)9-3-2-8(18)6-11(9)19/h2-7H,1H3,(H2-,20,22,23,25). The van der Waals surface area contributed by atoms with Gasteiger partial charge in [-0.1, -0.05) is 27.9 Å². The number of hydrogen-bond donors (Lipinski definition) is 1. The van der Waals surface area contributed by atoms with Gasteiger partial charge in [-0.05, 0) is 30.3 Å². The van der Waals surface area contributed by atoms with E-state index in [4.69, 9.17) is 33.5 Å². The fourth-order valence-corrected chi connectivity index (χ4v) is 4.00. The first-order valence-electron chi connectivity index (χ1n) is 7.65. The van der Waals surface area contributed by atoms with E-state index < -0.39 is 5.90 Å². The van der Waals surface area contributed by atoms with Crippen LogP contribution in [0.3, 0.4) is 0 Å². The Bertz CT molecular complexity index is 1200. The molecule has 7 nitrogen and oxygen atoms in total. The van der Waals surface area contributed by atoms with Crippen molar-refractivity contribution in [2.75, 3.05) is 5.73 Å². The maximum absolute atomic E-state index is 12.5. The third-order valence-electron chi connectivity index (χ3n) is 3.77. The molecule has 2 N–H and O–H groups in total. The summed E-state index contributed by atoms with van der Waals surface area (Å²) in [4.78, 5) is 9.37. The van der Waals surface area contributed by atoms with Crippen molar-refractivity contribution in [2.45, 2.75) is 0 Å². The minimum Gasteiger partial charge on any atom is -0.857 e. The first-order valence-corrected chi connectivity index (χ1v) is 9.23. The lowest BCUT2D eigenvalue weighted by molar-refractivity contribution is -0.739. The summed E-state index contributed by atoms with van der Waals surface area (Å²) in [6.07, 6.45) is 1.49. The largest absolute Gasteiger partial charge is 0.857 e. The summed E-state index contributed by atoms with van der Waals surface area (Å²) >= 11 is 13.4. The molecule has 0 aliphatic heterocycles. The molecule has 0 spiro atoms. The van der Waals surface area contributed by atoms with Gasteiger partial charge in [0.2, 0.25) is 0 Å². The van der Waals surface area contributed by atoms with Crippen molar-refractivity contribution in [3.8, 4) is 11.3 Å². The number of benzene rings is 1. The van der Waals surface area contributed by atoms with E-state index in [2.05, 4.69) is 15.2 Å². The number of aryl methyl sites for hydroxylation is 1. The molecule has 0 saturated carbocycles. The van der Waals surface area contributed by atoms with Crippen molar-refractivity contribution in [2.24, 2.45) is 12.0 Å². The number of fused-ring (bicyclic) bond motifs is 1. The second-order valence-corrected chi connectivity index (χ2v) is 7.49. The lowest BCUT2D eigenvalue weighted by Crippen LogP contribution is -2.27. The van der Waals surface area contributed by atoms with Crippen LogP contribution < -0.4 is 15.5 Å². The highest BCUT2D eigenvalue weighted by Crippen LogP contribution is 2.36. The van der Waals surface area contributed by atoms with Gasteiger partial charge in [0.15, 0.2) is 12.3 Å². The Morgan fingerprint density at radius 3 is 2.81 bits per heavy atom. The lowest BCUT2D eigenvalue weighted by atomic mass is 10.1. The average Bonchev–Trinajstić information content (AvgIpc) is 3.18. The number of halogens is 2. The molecule has 0 fully saturated rings. The molecule has 10 heteroatoms. The predicted molar refractivity (Wildman–Crippen MR) is 103 cm³/mol. The van der Waals surface area contributed by atoms with Crippen molar-refractivity contribution in [1.29, 1.82) is 0 Å². The molecule has 0 unspecified atom stereocenters. The van der Waals surface area contributed by atoms with E-state index in [1.54, 1.807) is 37.4 Å². The Labute approximate surface area is 167 Å². The summed E-state index contributed by atoms with van der Waals surface area (Å²) in [6, 6.07) is 8.78. The van der Waals surface area contributed by atoms with E-state index in [0.29, 0.717) is 31.6 Å². The van der Waals surface area contributed by atoms with Crippen LogP contribution >= 0.6 is 34.5 Å². The molecule has 3 aromatic heterocycles. The van der Waals surface area contributed by atoms with Crippen LogP contribution in [-0.4, -0.2) is 16.2 Å². The van der Waals surface area contributed by atoms with Gasteiger partial charge in [-0.3, -0.25) is 4.52 Å². The van der Waals surface area contributed by atoms with Crippen LogP contribution in [0.4, 0.5) is 11.6 Å². The molecule has 3 heterocycles. The zero-order valence-electron chi connectivity index (χ0n) is 13.8. The number of nitrogen functional groups attached to an aromatic ring is 1. The van der Waals surface area contributed by atoms with Crippen molar-refractivity contribution in [3.63, 3.8) is 0 Å². The van der Waals surface area contributed by atoms with Crippen molar-refractivity contribution >= 4 is 62.2 Å². The van der Waals surface area contributed by atoms with Crippen LogP contribution in [-0.2, 0) is 7.05 Å². The maximum atomic E-state index is 12.5. The van der Waals surface area contributed by atoms with Gasteiger partial charge in [-0.2, -0.15) is 0 Å². The summed E-state index contributed by atoms with van der Waals surface area (Å²) in [6.45, 7) is 0. The van der Waals surface area contributed by atoms with E-state index >= 15 is 0 Å². The minimum atomic E-state index is -0.515. The van der Waals surface area contributed by atoms with Crippen molar-refractivity contribution < 1.29 is 14.3 Å². The Balaban J connectivity index is 1.78. The van der Waals surface area contributed by atoms with Gasteiger partial charge < -0.3 is 10.8 Å². The molecule has 1 aromatic carbocycles. The number of aliphatic imine (C=N–C) groups is 1. The summed E-state index contributed by atoms with van der Waals surface area (Å²) in [5, 5.41) is 17.8. The van der Waals surface area contributed by atoms with E-state index in [0.717, 1.165) is 16.9 Å². The Hall–Kier alpha value is -2.68. The van der Waals surface area contributed by atoms with Gasteiger partial charge in [0, 0.05) is 21.9 Å². The Kier molecular flexibility index (Phi) is 4.47. The molecule has 0 saturated heterocycles. The molecule has 0 bridgehead atoms. The summed E-state index contributed by atoms with van der Waals surface area (Å²) in [5.74, 6) is -0.417. The Morgan fingerprint density at radius 1 is 1.30 bits per heavy atom. The predicted octanol–water partition coefficient (Wildman–Crippen LogP) is 3.10. The first-order chi connectivity index (χ1) is 12.9. The second kappa shape index (κ2) is 6.80. The average molecular weight is 420 g/mol. The van der Waals surface area contributed by atoms with E-state index in [1.807, 2.05) is 0 Å². The third kappa shape index (κ3) is 3.34. The second-order valence-electron chi connectivity index (χ2n) is 5.65. The minimum absolute atomic E-state index is 0.0981. The highest BCUT2D eigenvalue weighted by atomic mass is 35.5. The molecular formula is C17H11Cl2N5O2S. The van der Waals surface area contributed by atoms with Crippen LogP contribution in [0.2, 0.25) is 10.0 Å². The summed E-state index contributed by atoms with van der Waals surface area (Å²) < 4.78 is 6.33. The van der Waals surface area contributed by atoms with Crippen LogP contribution in [0.25, 0.3) is 21.5 Å². The number of thiophene rings is 1. The summed E-state index contributed by atoms with van der Waals surface area (Å²) in [5.41, 5.74) is 7.85. The fraction of sp³-hybridized carbons (Fsp3) is 0.0588. The van der Waals surface area contributed by atoms with Crippen LogP contribution in [0.15, 0.2) is 46.0 Å². The first kappa shape index (κ1) is 17.7. The van der Waals surface area contributed by atoms with E-state index in [9.17, 15) is 5.11 Å². The fourth-order valence-electron chi connectivity index (χ4n) is 2.52. The highest BCUT2D eigenvalue weighted by molar-refractivity contribution is 7.21. The molecular weight excluding hydrogens is 409 g/mol. The van der Waals surface area contributed by atoms with Crippen molar-refractivity contribution in [3.05, 3.63) is 51.5 Å². The zero-order chi connectivity index (χ0) is 19.1. The maximum Gasteiger partial charge on any atom is 0.320 e. The number of aromatic nitrogens is 3. The van der Waals surface area contributed by atoms with Crippen molar-refractivity contribution in [1.82, 2.24) is 10.3 Å². The molecule has 0 radical (unpaired) electrons. The number of rotatable bonds is 3. The molecule has 4 rings (SSSR count). The smallest absolute Gasteiger partial charge is 0.320 e. The van der Waals surface area contributed by atoms with Gasteiger partial charge in [0.25, 0.3) is 6.20 Å². The van der Waals surface area contributed by atoms with Gasteiger partial charge >= 0.3 is 5.88 Å². The highest BCUT2D eigenvalue weighted by Gasteiger charge is 2.14. The monoisotopic (exact) mass is 419 g/mol. The Morgan fingerprint density at radius 2 is 2.11 bits per heavy atom. The number of nitrogens with zero attached hydrogens (tertiary/aromatic N) is 4. The van der Waals surface area contributed by atoms with Gasteiger partial charge in [-0.25, -0.2) is 9.98 Å².